The van der Waals surface area contributed by atoms with E-state index >= 15 is 0 Å². The van der Waals surface area contributed by atoms with Crippen LogP contribution in [0.2, 0.25) is 0 Å². The second-order valence-electron chi connectivity index (χ2n) is 6.33. The first-order valence-electron chi connectivity index (χ1n) is 7.27. The molecule has 0 spiro atoms. The summed E-state index contributed by atoms with van der Waals surface area (Å²) in [5.74, 6) is 0.687. The molecule has 1 saturated heterocycles. The van der Waals surface area contributed by atoms with Crippen molar-refractivity contribution in [1.29, 1.82) is 5.26 Å². The first kappa shape index (κ1) is 13.8. The molecule has 3 heteroatoms. The molecule has 1 N–H and O–H groups in total. The molecule has 1 aliphatic carbocycles. The highest BCUT2D eigenvalue weighted by molar-refractivity contribution is 5.15. The SMILES string of the molecule is CC(C)C1CCCCC1(O)C1(C#N)CCOCC1. The summed E-state index contributed by atoms with van der Waals surface area (Å²) in [5, 5.41) is 21.0. The van der Waals surface area contributed by atoms with Crippen LogP contribution in [-0.4, -0.2) is 23.9 Å². The van der Waals surface area contributed by atoms with E-state index < -0.39 is 11.0 Å². The summed E-state index contributed by atoms with van der Waals surface area (Å²) in [6, 6.07) is 2.48. The first-order valence-corrected chi connectivity index (χ1v) is 7.27. The van der Waals surface area contributed by atoms with Gasteiger partial charge < -0.3 is 9.84 Å². The first-order chi connectivity index (χ1) is 8.56. The lowest BCUT2D eigenvalue weighted by Gasteiger charge is -2.52. The third kappa shape index (κ3) is 2.06. The van der Waals surface area contributed by atoms with Crippen molar-refractivity contribution in [3.05, 3.63) is 0 Å². The summed E-state index contributed by atoms with van der Waals surface area (Å²) >= 11 is 0. The Morgan fingerprint density at radius 3 is 2.44 bits per heavy atom. The quantitative estimate of drug-likeness (QED) is 0.821. The molecule has 102 valence electrons. The third-order valence-corrected chi connectivity index (χ3v) is 5.13. The molecule has 1 aliphatic heterocycles. The molecule has 2 aliphatic rings. The number of aliphatic hydroxyl groups is 1. The summed E-state index contributed by atoms with van der Waals surface area (Å²) < 4.78 is 5.40. The molecular weight excluding hydrogens is 226 g/mol. The van der Waals surface area contributed by atoms with Gasteiger partial charge >= 0.3 is 0 Å². The minimum Gasteiger partial charge on any atom is -0.388 e. The molecule has 0 radical (unpaired) electrons. The Labute approximate surface area is 110 Å². The number of rotatable bonds is 2. The summed E-state index contributed by atoms with van der Waals surface area (Å²) in [5.41, 5.74) is -1.39. The molecule has 1 heterocycles. The fourth-order valence-corrected chi connectivity index (χ4v) is 4.02. The number of nitriles is 1. The lowest BCUT2D eigenvalue weighted by atomic mass is 9.55. The van der Waals surface area contributed by atoms with Gasteiger partial charge in [-0.2, -0.15) is 5.26 Å². The summed E-state index contributed by atoms with van der Waals surface area (Å²) in [4.78, 5) is 0. The average molecular weight is 251 g/mol. The summed E-state index contributed by atoms with van der Waals surface area (Å²) in [6.45, 7) is 5.57. The van der Waals surface area contributed by atoms with Crippen molar-refractivity contribution in [2.45, 2.75) is 58.0 Å². The van der Waals surface area contributed by atoms with E-state index in [9.17, 15) is 10.4 Å². The highest BCUT2D eigenvalue weighted by Crippen LogP contribution is 2.52. The average Bonchev–Trinajstić information content (AvgIpc) is 2.39. The Morgan fingerprint density at radius 1 is 1.22 bits per heavy atom. The Morgan fingerprint density at radius 2 is 1.89 bits per heavy atom. The molecule has 18 heavy (non-hydrogen) atoms. The summed E-state index contributed by atoms with van der Waals surface area (Å²) in [7, 11) is 0. The van der Waals surface area contributed by atoms with E-state index in [1.165, 1.54) is 6.42 Å². The van der Waals surface area contributed by atoms with Crippen molar-refractivity contribution in [2.24, 2.45) is 17.3 Å². The standard InChI is InChI=1S/C15H25NO2/c1-12(2)13-5-3-4-6-15(13,17)14(11-16)7-9-18-10-8-14/h12-13,17H,3-10H2,1-2H3. The van der Waals surface area contributed by atoms with Gasteiger partial charge in [-0.15, -0.1) is 0 Å². The number of ether oxygens (including phenoxy) is 1. The van der Waals surface area contributed by atoms with Gasteiger partial charge in [0.2, 0.25) is 0 Å². The van der Waals surface area contributed by atoms with Crippen LogP contribution < -0.4 is 0 Å². The number of hydrogen-bond donors (Lipinski definition) is 1. The van der Waals surface area contributed by atoms with Gasteiger partial charge in [0.25, 0.3) is 0 Å². The largest absolute Gasteiger partial charge is 0.388 e. The Balaban J connectivity index is 2.33. The van der Waals surface area contributed by atoms with Crippen molar-refractivity contribution in [3.63, 3.8) is 0 Å². The van der Waals surface area contributed by atoms with E-state index in [1.54, 1.807) is 0 Å². The Hall–Kier alpha value is -0.590. The van der Waals surface area contributed by atoms with Crippen LogP contribution in [0.5, 0.6) is 0 Å². The van der Waals surface area contributed by atoms with Gasteiger partial charge in [-0.05, 0) is 37.5 Å². The number of nitrogens with zero attached hydrogens (tertiary/aromatic N) is 1. The molecular formula is C15H25NO2. The van der Waals surface area contributed by atoms with Crippen LogP contribution in [0.1, 0.15) is 52.4 Å². The number of hydrogen-bond acceptors (Lipinski definition) is 3. The molecule has 0 aromatic carbocycles. The van der Waals surface area contributed by atoms with E-state index in [4.69, 9.17) is 4.74 Å². The van der Waals surface area contributed by atoms with Crippen molar-refractivity contribution in [3.8, 4) is 6.07 Å². The van der Waals surface area contributed by atoms with Gasteiger partial charge in [-0.1, -0.05) is 26.7 Å². The van der Waals surface area contributed by atoms with Crippen LogP contribution in [-0.2, 0) is 4.74 Å². The molecule has 0 aromatic rings. The smallest absolute Gasteiger partial charge is 0.0906 e. The molecule has 2 fully saturated rings. The predicted molar refractivity (Wildman–Crippen MR) is 69.8 cm³/mol. The van der Waals surface area contributed by atoms with Crippen LogP contribution in [0.25, 0.3) is 0 Å². The summed E-state index contributed by atoms with van der Waals surface area (Å²) in [6.07, 6.45) is 5.43. The molecule has 2 unspecified atom stereocenters. The van der Waals surface area contributed by atoms with Crippen LogP contribution in [0.15, 0.2) is 0 Å². The topological polar surface area (TPSA) is 53.2 Å². The fraction of sp³-hybridized carbons (Fsp3) is 0.933. The molecule has 2 rings (SSSR count). The Bertz CT molecular complexity index is 328. The molecule has 0 bridgehead atoms. The second-order valence-corrected chi connectivity index (χ2v) is 6.33. The minimum absolute atomic E-state index is 0.254. The van der Waals surface area contributed by atoms with E-state index in [-0.39, 0.29) is 5.92 Å². The normalized spacial score (nSPS) is 36.3. The van der Waals surface area contributed by atoms with Gasteiger partial charge in [0, 0.05) is 13.2 Å². The highest BCUT2D eigenvalue weighted by Gasteiger charge is 2.56. The molecule has 3 nitrogen and oxygen atoms in total. The van der Waals surface area contributed by atoms with Gasteiger partial charge in [0.05, 0.1) is 17.1 Å². The maximum absolute atomic E-state index is 11.3. The molecule has 0 amide bonds. The van der Waals surface area contributed by atoms with E-state index in [0.29, 0.717) is 32.0 Å². The van der Waals surface area contributed by atoms with Crippen molar-refractivity contribution < 1.29 is 9.84 Å². The van der Waals surface area contributed by atoms with E-state index in [2.05, 4.69) is 19.9 Å². The van der Waals surface area contributed by atoms with Gasteiger partial charge in [-0.3, -0.25) is 0 Å². The fourth-order valence-electron chi connectivity index (χ4n) is 4.02. The highest BCUT2D eigenvalue weighted by atomic mass is 16.5. The second kappa shape index (κ2) is 5.19. The van der Waals surface area contributed by atoms with Crippen LogP contribution in [0.3, 0.4) is 0 Å². The maximum Gasteiger partial charge on any atom is 0.0906 e. The minimum atomic E-state index is -0.808. The van der Waals surface area contributed by atoms with Crippen molar-refractivity contribution in [2.75, 3.05) is 13.2 Å². The lowest BCUT2D eigenvalue weighted by molar-refractivity contribution is -0.164. The third-order valence-electron chi connectivity index (χ3n) is 5.13. The molecule has 1 saturated carbocycles. The van der Waals surface area contributed by atoms with Gasteiger partial charge in [0.15, 0.2) is 0 Å². The molecule has 2 atom stereocenters. The van der Waals surface area contributed by atoms with Crippen LogP contribution in [0, 0.1) is 28.6 Å². The van der Waals surface area contributed by atoms with E-state index in [0.717, 1.165) is 19.3 Å². The monoisotopic (exact) mass is 251 g/mol. The zero-order chi connectivity index (χ0) is 13.2. The molecule has 0 aromatic heterocycles. The zero-order valence-electron chi connectivity index (χ0n) is 11.6. The van der Waals surface area contributed by atoms with Crippen LogP contribution >= 0.6 is 0 Å². The van der Waals surface area contributed by atoms with E-state index in [1.807, 2.05) is 0 Å². The maximum atomic E-state index is 11.3. The van der Waals surface area contributed by atoms with Crippen LogP contribution in [0.4, 0.5) is 0 Å². The lowest BCUT2D eigenvalue weighted by Crippen LogP contribution is -2.57. The predicted octanol–water partition coefficient (Wildman–Crippen LogP) is 2.88. The Kier molecular flexibility index (Phi) is 3.99. The van der Waals surface area contributed by atoms with Gasteiger partial charge in [-0.25, -0.2) is 0 Å². The van der Waals surface area contributed by atoms with Crippen molar-refractivity contribution >= 4 is 0 Å². The van der Waals surface area contributed by atoms with Crippen molar-refractivity contribution in [1.82, 2.24) is 0 Å². The van der Waals surface area contributed by atoms with Gasteiger partial charge in [0.1, 0.15) is 0 Å². The zero-order valence-corrected chi connectivity index (χ0v) is 11.6.